The van der Waals surface area contributed by atoms with Gasteiger partial charge in [-0.3, -0.25) is 0 Å². The Morgan fingerprint density at radius 2 is 2.27 bits per heavy atom. The molecule has 0 atom stereocenters. The molecule has 0 saturated carbocycles. The molecule has 1 aromatic carbocycles. The molecule has 1 aromatic heterocycles. The summed E-state index contributed by atoms with van der Waals surface area (Å²) < 4.78 is 0. The van der Waals surface area contributed by atoms with Gasteiger partial charge in [-0.15, -0.1) is 12.6 Å². The van der Waals surface area contributed by atoms with E-state index in [0.29, 0.717) is 0 Å². The Morgan fingerprint density at radius 1 is 1.45 bits per heavy atom. The number of H-pyrrole nitrogens is 1. The van der Waals surface area contributed by atoms with Gasteiger partial charge in [-0.05, 0) is 19.1 Å². The number of thiol groups is 1. The van der Waals surface area contributed by atoms with E-state index in [1.807, 2.05) is 25.1 Å². The lowest BCUT2D eigenvalue weighted by atomic mass is 10.3. The van der Waals surface area contributed by atoms with Gasteiger partial charge in [0, 0.05) is 4.90 Å². The van der Waals surface area contributed by atoms with Crippen molar-refractivity contribution in [3.8, 4) is 0 Å². The van der Waals surface area contributed by atoms with Gasteiger partial charge in [0.2, 0.25) is 0 Å². The number of benzene rings is 1. The van der Waals surface area contributed by atoms with Gasteiger partial charge in [0.25, 0.3) is 0 Å². The standard InChI is InChI=1S/C8H8N2S/c1-5-9-6-3-2-4-7(11)8(6)10-5/h2-4,11H,1H3,(H,9,10). The Kier molecular flexibility index (Phi) is 1.39. The maximum absolute atomic E-state index is 4.28. The number of aryl methyl sites for hydroxylation is 1. The molecule has 0 aliphatic carbocycles. The van der Waals surface area contributed by atoms with Crippen LogP contribution in [0.2, 0.25) is 0 Å². The van der Waals surface area contributed by atoms with Crippen LogP contribution in [0, 0.1) is 6.92 Å². The molecule has 0 aliphatic heterocycles. The van der Waals surface area contributed by atoms with E-state index in [1.165, 1.54) is 0 Å². The van der Waals surface area contributed by atoms with Crippen molar-refractivity contribution < 1.29 is 0 Å². The zero-order valence-electron chi connectivity index (χ0n) is 6.13. The van der Waals surface area contributed by atoms with Crippen LogP contribution in [0.4, 0.5) is 0 Å². The summed E-state index contributed by atoms with van der Waals surface area (Å²) in [4.78, 5) is 8.34. The van der Waals surface area contributed by atoms with Crippen LogP contribution in [0.25, 0.3) is 11.0 Å². The highest BCUT2D eigenvalue weighted by Crippen LogP contribution is 2.18. The molecule has 0 amide bonds. The zero-order valence-corrected chi connectivity index (χ0v) is 7.02. The maximum atomic E-state index is 4.28. The lowest BCUT2D eigenvalue weighted by molar-refractivity contribution is 1.17. The van der Waals surface area contributed by atoms with Crippen LogP contribution >= 0.6 is 12.6 Å². The first-order chi connectivity index (χ1) is 5.27. The average molecular weight is 164 g/mol. The number of rotatable bonds is 0. The molecule has 1 N–H and O–H groups in total. The minimum atomic E-state index is 0.923. The minimum Gasteiger partial charge on any atom is -0.342 e. The van der Waals surface area contributed by atoms with E-state index in [0.717, 1.165) is 21.8 Å². The first-order valence-electron chi connectivity index (χ1n) is 3.41. The van der Waals surface area contributed by atoms with Crippen molar-refractivity contribution in [1.29, 1.82) is 0 Å². The summed E-state index contributed by atoms with van der Waals surface area (Å²) in [7, 11) is 0. The van der Waals surface area contributed by atoms with Crippen molar-refractivity contribution in [2.75, 3.05) is 0 Å². The second kappa shape index (κ2) is 2.27. The number of nitrogens with zero attached hydrogens (tertiary/aromatic N) is 1. The van der Waals surface area contributed by atoms with Crippen LogP contribution in [0.5, 0.6) is 0 Å². The van der Waals surface area contributed by atoms with Crippen molar-refractivity contribution in [2.24, 2.45) is 0 Å². The van der Waals surface area contributed by atoms with Gasteiger partial charge >= 0.3 is 0 Å². The van der Waals surface area contributed by atoms with E-state index < -0.39 is 0 Å². The molecule has 2 rings (SSSR count). The number of para-hydroxylation sites is 1. The van der Waals surface area contributed by atoms with E-state index in [-0.39, 0.29) is 0 Å². The van der Waals surface area contributed by atoms with Crippen LogP contribution < -0.4 is 0 Å². The summed E-state index contributed by atoms with van der Waals surface area (Å²) >= 11 is 4.28. The molecular weight excluding hydrogens is 156 g/mol. The molecule has 0 aliphatic rings. The summed E-state index contributed by atoms with van der Waals surface area (Å²) in [6.07, 6.45) is 0. The molecule has 2 aromatic rings. The molecule has 2 nitrogen and oxygen atoms in total. The quantitative estimate of drug-likeness (QED) is 0.574. The van der Waals surface area contributed by atoms with Gasteiger partial charge in [0.05, 0.1) is 5.52 Å². The Balaban J connectivity index is 2.90. The molecule has 56 valence electrons. The molecule has 0 saturated heterocycles. The summed E-state index contributed by atoms with van der Waals surface area (Å²) in [5.41, 5.74) is 2.00. The van der Waals surface area contributed by atoms with Gasteiger partial charge in [-0.25, -0.2) is 4.98 Å². The summed E-state index contributed by atoms with van der Waals surface area (Å²) in [6.45, 7) is 1.94. The molecule has 11 heavy (non-hydrogen) atoms. The van der Waals surface area contributed by atoms with E-state index >= 15 is 0 Å². The second-order valence-electron chi connectivity index (χ2n) is 2.50. The first-order valence-corrected chi connectivity index (χ1v) is 3.86. The normalized spacial score (nSPS) is 10.7. The van der Waals surface area contributed by atoms with Crippen molar-refractivity contribution >= 4 is 23.7 Å². The highest BCUT2D eigenvalue weighted by Gasteiger charge is 2.00. The maximum Gasteiger partial charge on any atom is 0.104 e. The van der Waals surface area contributed by atoms with Crippen molar-refractivity contribution in [3.05, 3.63) is 24.0 Å². The fourth-order valence-electron chi connectivity index (χ4n) is 1.14. The van der Waals surface area contributed by atoms with Gasteiger partial charge < -0.3 is 4.98 Å². The Bertz CT molecular complexity index is 392. The number of hydrogen-bond donors (Lipinski definition) is 2. The third-order valence-electron chi connectivity index (χ3n) is 1.61. The lowest BCUT2D eigenvalue weighted by Gasteiger charge is -1.89. The smallest absolute Gasteiger partial charge is 0.104 e. The number of hydrogen-bond acceptors (Lipinski definition) is 2. The molecule has 0 radical (unpaired) electrons. The van der Waals surface area contributed by atoms with Crippen LogP contribution in [-0.4, -0.2) is 9.97 Å². The monoisotopic (exact) mass is 164 g/mol. The average Bonchev–Trinajstić information content (AvgIpc) is 2.31. The number of aromatic amines is 1. The van der Waals surface area contributed by atoms with Crippen molar-refractivity contribution in [1.82, 2.24) is 9.97 Å². The third kappa shape index (κ3) is 1.01. The van der Waals surface area contributed by atoms with Gasteiger partial charge in [0.1, 0.15) is 11.3 Å². The summed E-state index contributed by atoms with van der Waals surface area (Å²) in [5, 5.41) is 0. The summed E-state index contributed by atoms with van der Waals surface area (Å²) in [6, 6.07) is 5.89. The molecule has 0 fully saturated rings. The fraction of sp³-hybridized carbons (Fsp3) is 0.125. The third-order valence-corrected chi connectivity index (χ3v) is 1.97. The van der Waals surface area contributed by atoms with Crippen LogP contribution in [-0.2, 0) is 0 Å². The topological polar surface area (TPSA) is 28.7 Å². The highest BCUT2D eigenvalue weighted by molar-refractivity contribution is 7.80. The zero-order chi connectivity index (χ0) is 7.84. The number of aromatic nitrogens is 2. The Morgan fingerprint density at radius 3 is 3.00 bits per heavy atom. The molecule has 0 bridgehead atoms. The van der Waals surface area contributed by atoms with Crippen LogP contribution in [0.1, 0.15) is 5.82 Å². The van der Waals surface area contributed by atoms with Gasteiger partial charge in [-0.1, -0.05) is 6.07 Å². The van der Waals surface area contributed by atoms with E-state index in [9.17, 15) is 0 Å². The molecule has 3 heteroatoms. The molecule has 1 heterocycles. The van der Waals surface area contributed by atoms with Crippen LogP contribution in [0.15, 0.2) is 23.1 Å². The van der Waals surface area contributed by atoms with Crippen molar-refractivity contribution in [3.63, 3.8) is 0 Å². The lowest BCUT2D eigenvalue weighted by Crippen LogP contribution is -1.70. The number of fused-ring (bicyclic) bond motifs is 1. The largest absolute Gasteiger partial charge is 0.342 e. The number of imidazole rings is 1. The Hall–Kier alpha value is -0.960. The first kappa shape index (κ1) is 6.73. The van der Waals surface area contributed by atoms with E-state index in [1.54, 1.807) is 0 Å². The Labute approximate surface area is 70.1 Å². The SMILES string of the molecule is Cc1nc2c(S)cccc2[nH]1. The van der Waals surface area contributed by atoms with Crippen LogP contribution in [0.3, 0.4) is 0 Å². The van der Waals surface area contributed by atoms with E-state index in [4.69, 9.17) is 0 Å². The predicted octanol–water partition coefficient (Wildman–Crippen LogP) is 2.16. The predicted molar refractivity (Wildman–Crippen MR) is 48.1 cm³/mol. The molecular formula is C8H8N2S. The van der Waals surface area contributed by atoms with Gasteiger partial charge in [-0.2, -0.15) is 0 Å². The van der Waals surface area contributed by atoms with E-state index in [2.05, 4.69) is 22.6 Å². The number of nitrogens with one attached hydrogen (secondary N) is 1. The fourth-order valence-corrected chi connectivity index (χ4v) is 1.40. The van der Waals surface area contributed by atoms with Crippen molar-refractivity contribution in [2.45, 2.75) is 11.8 Å². The molecule has 0 unspecified atom stereocenters. The minimum absolute atomic E-state index is 0.923. The molecule has 0 spiro atoms. The van der Waals surface area contributed by atoms with Gasteiger partial charge in [0.15, 0.2) is 0 Å². The summed E-state index contributed by atoms with van der Waals surface area (Å²) in [5.74, 6) is 0.932. The highest BCUT2D eigenvalue weighted by atomic mass is 32.1. The second-order valence-corrected chi connectivity index (χ2v) is 2.98.